The molecule has 110 valence electrons. The molecule has 0 aliphatic carbocycles. The zero-order valence-electron chi connectivity index (χ0n) is 11.2. The van der Waals surface area contributed by atoms with Crippen molar-refractivity contribution in [3.05, 3.63) is 17.8 Å². The number of aromatic nitrogens is 1. The number of carbonyl (C=O) groups excluding carboxylic acids is 1. The first-order chi connectivity index (χ1) is 8.09. The van der Waals surface area contributed by atoms with Crippen LogP contribution in [0.4, 0.5) is 0 Å². The van der Waals surface area contributed by atoms with Crippen molar-refractivity contribution < 1.29 is 9.21 Å². The Balaban J connectivity index is 0.00000162. The van der Waals surface area contributed by atoms with Crippen molar-refractivity contribution >= 4 is 30.7 Å². The van der Waals surface area contributed by atoms with Gasteiger partial charge in [-0.15, -0.1) is 24.8 Å². The fourth-order valence-electron chi connectivity index (χ4n) is 2.28. The van der Waals surface area contributed by atoms with Gasteiger partial charge in [-0.1, -0.05) is 0 Å². The van der Waals surface area contributed by atoms with Crippen LogP contribution in [0.1, 0.15) is 36.0 Å². The van der Waals surface area contributed by atoms with Crippen LogP contribution in [0, 0.1) is 12.8 Å². The third-order valence-corrected chi connectivity index (χ3v) is 3.51. The van der Waals surface area contributed by atoms with Crippen molar-refractivity contribution in [2.45, 2.75) is 32.7 Å². The van der Waals surface area contributed by atoms with Crippen LogP contribution in [-0.4, -0.2) is 34.9 Å². The number of piperidine rings is 1. The normalized spacial score (nSPS) is 17.3. The molecule has 1 aromatic heterocycles. The molecule has 1 unspecified atom stereocenters. The van der Waals surface area contributed by atoms with E-state index in [1.165, 1.54) is 6.39 Å². The van der Waals surface area contributed by atoms with Gasteiger partial charge in [-0.3, -0.25) is 4.79 Å². The van der Waals surface area contributed by atoms with E-state index in [-0.39, 0.29) is 36.8 Å². The quantitative estimate of drug-likeness (QED) is 0.907. The number of carbonyl (C=O) groups is 1. The zero-order chi connectivity index (χ0) is 12.4. The molecule has 1 saturated heterocycles. The van der Waals surface area contributed by atoms with E-state index in [4.69, 9.17) is 10.2 Å². The molecule has 1 fully saturated rings. The molecule has 1 aromatic rings. The Morgan fingerprint density at radius 3 is 2.47 bits per heavy atom. The highest BCUT2D eigenvalue weighted by atomic mass is 35.5. The van der Waals surface area contributed by atoms with Crippen molar-refractivity contribution in [2.24, 2.45) is 11.7 Å². The molecule has 2 heterocycles. The Kier molecular flexibility index (Phi) is 7.41. The fourth-order valence-corrected chi connectivity index (χ4v) is 2.28. The number of aryl methyl sites for hydroxylation is 1. The maximum atomic E-state index is 12.1. The number of nitrogens with two attached hydrogens (primary N) is 1. The monoisotopic (exact) mass is 309 g/mol. The minimum atomic E-state index is -0.0527. The van der Waals surface area contributed by atoms with Crippen LogP contribution >= 0.6 is 24.8 Å². The van der Waals surface area contributed by atoms with Crippen molar-refractivity contribution in [3.63, 3.8) is 0 Å². The number of rotatable bonds is 2. The van der Waals surface area contributed by atoms with Gasteiger partial charge in [0.15, 0.2) is 6.39 Å². The molecule has 7 heteroatoms. The molecule has 2 N–H and O–H groups in total. The third-order valence-electron chi connectivity index (χ3n) is 3.51. The molecule has 1 amide bonds. The SMILES string of the molecule is Cc1ncoc1C(=O)N1CCC(C(C)N)CC1.Cl.Cl. The Hall–Kier alpha value is -0.780. The molecule has 1 atom stereocenters. The molecule has 0 spiro atoms. The molecular weight excluding hydrogens is 289 g/mol. The largest absolute Gasteiger partial charge is 0.438 e. The molecule has 1 aliphatic rings. The maximum absolute atomic E-state index is 12.1. The number of hydrogen-bond donors (Lipinski definition) is 1. The summed E-state index contributed by atoms with van der Waals surface area (Å²) < 4.78 is 5.13. The van der Waals surface area contributed by atoms with Crippen LogP contribution in [0.15, 0.2) is 10.8 Å². The van der Waals surface area contributed by atoms with Gasteiger partial charge in [0, 0.05) is 19.1 Å². The summed E-state index contributed by atoms with van der Waals surface area (Å²) in [6, 6.07) is 0.208. The summed E-state index contributed by atoms with van der Waals surface area (Å²) in [4.78, 5) is 17.9. The molecule has 2 rings (SSSR count). The molecule has 0 bridgehead atoms. The average molecular weight is 310 g/mol. The second-order valence-corrected chi connectivity index (χ2v) is 4.76. The highest BCUT2D eigenvalue weighted by molar-refractivity contribution is 5.92. The van der Waals surface area contributed by atoms with E-state index >= 15 is 0 Å². The van der Waals surface area contributed by atoms with E-state index in [1.54, 1.807) is 6.92 Å². The van der Waals surface area contributed by atoms with Crippen LogP contribution in [-0.2, 0) is 0 Å². The Labute approximate surface area is 125 Å². The standard InChI is InChI=1S/C12H19N3O2.2ClH/c1-8(13)10-3-5-15(6-4-10)12(16)11-9(2)14-7-17-11;;/h7-8,10H,3-6,13H2,1-2H3;2*1H. The van der Waals surface area contributed by atoms with Crippen molar-refractivity contribution in [1.29, 1.82) is 0 Å². The van der Waals surface area contributed by atoms with Crippen molar-refractivity contribution in [3.8, 4) is 0 Å². The summed E-state index contributed by atoms with van der Waals surface area (Å²) >= 11 is 0. The van der Waals surface area contributed by atoms with E-state index in [9.17, 15) is 4.79 Å². The lowest BCUT2D eigenvalue weighted by Crippen LogP contribution is -2.42. The summed E-state index contributed by atoms with van der Waals surface area (Å²) in [5.41, 5.74) is 6.53. The van der Waals surface area contributed by atoms with Crippen molar-refractivity contribution in [2.75, 3.05) is 13.1 Å². The number of nitrogens with zero attached hydrogens (tertiary/aromatic N) is 2. The van der Waals surface area contributed by atoms with E-state index in [0.29, 0.717) is 17.4 Å². The van der Waals surface area contributed by atoms with Gasteiger partial charge in [-0.2, -0.15) is 0 Å². The topological polar surface area (TPSA) is 72.4 Å². The highest BCUT2D eigenvalue weighted by Gasteiger charge is 2.27. The predicted octanol–water partition coefficient (Wildman–Crippen LogP) is 2.03. The second kappa shape index (κ2) is 7.72. The first-order valence-electron chi connectivity index (χ1n) is 6.04. The molecule has 19 heavy (non-hydrogen) atoms. The van der Waals surface area contributed by atoms with Crippen LogP contribution in [0.2, 0.25) is 0 Å². The van der Waals surface area contributed by atoms with Crippen LogP contribution < -0.4 is 5.73 Å². The number of halogens is 2. The molecule has 5 nitrogen and oxygen atoms in total. The lowest BCUT2D eigenvalue weighted by molar-refractivity contribution is 0.0648. The number of amides is 1. The Morgan fingerprint density at radius 2 is 2.05 bits per heavy atom. The Morgan fingerprint density at radius 1 is 1.47 bits per heavy atom. The predicted molar refractivity (Wildman–Crippen MR) is 78.0 cm³/mol. The summed E-state index contributed by atoms with van der Waals surface area (Å²) in [7, 11) is 0. The first-order valence-corrected chi connectivity index (χ1v) is 6.04. The highest BCUT2D eigenvalue weighted by Crippen LogP contribution is 2.21. The molecule has 0 aromatic carbocycles. The van der Waals surface area contributed by atoms with E-state index in [1.807, 2.05) is 11.8 Å². The number of likely N-dealkylation sites (tertiary alicyclic amines) is 1. The van der Waals surface area contributed by atoms with Gasteiger partial charge in [-0.05, 0) is 32.6 Å². The molecule has 0 radical (unpaired) electrons. The first kappa shape index (κ1) is 18.2. The third kappa shape index (κ3) is 4.09. The smallest absolute Gasteiger partial charge is 0.291 e. The summed E-state index contributed by atoms with van der Waals surface area (Å²) in [5, 5.41) is 0. The number of oxazole rings is 1. The van der Waals surface area contributed by atoms with Gasteiger partial charge in [0.05, 0.1) is 5.69 Å². The van der Waals surface area contributed by atoms with Gasteiger partial charge < -0.3 is 15.1 Å². The van der Waals surface area contributed by atoms with Crippen molar-refractivity contribution in [1.82, 2.24) is 9.88 Å². The van der Waals surface area contributed by atoms with Gasteiger partial charge >= 0.3 is 0 Å². The summed E-state index contributed by atoms with van der Waals surface area (Å²) in [6.07, 6.45) is 3.25. The Bertz CT molecular complexity index is 401. The fraction of sp³-hybridized carbons (Fsp3) is 0.667. The van der Waals surface area contributed by atoms with E-state index < -0.39 is 0 Å². The minimum absolute atomic E-state index is 0. The average Bonchev–Trinajstić information content (AvgIpc) is 2.74. The molecule has 0 saturated carbocycles. The zero-order valence-corrected chi connectivity index (χ0v) is 12.8. The lowest BCUT2D eigenvalue weighted by atomic mass is 9.91. The molecular formula is C12H21Cl2N3O2. The van der Waals surface area contributed by atoms with Gasteiger partial charge in [0.2, 0.25) is 5.76 Å². The van der Waals surface area contributed by atoms with Gasteiger partial charge in [0.1, 0.15) is 0 Å². The number of hydrogen-bond acceptors (Lipinski definition) is 4. The second-order valence-electron chi connectivity index (χ2n) is 4.76. The molecule has 1 aliphatic heterocycles. The van der Waals surface area contributed by atoms with E-state index in [0.717, 1.165) is 25.9 Å². The van der Waals surface area contributed by atoms with Crippen LogP contribution in [0.3, 0.4) is 0 Å². The van der Waals surface area contributed by atoms with Crippen LogP contribution in [0.5, 0.6) is 0 Å². The van der Waals surface area contributed by atoms with Gasteiger partial charge in [0.25, 0.3) is 5.91 Å². The minimum Gasteiger partial charge on any atom is -0.438 e. The summed E-state index contributed by atoms with van der Waals surface area (Å²) in [5.74, 6) is 0.835. The summed E-state index contributed by atoms with van der Waals surface area (Å²) in [6.45, 7) is 5.32. The lowest BCUT2D eigenvalue weighted by Gasteiger charge is -2.33. The van der Waals surface area contributed by atoms with E-state index in [2.05, 4.69) is 4.98 Å². The van der Waals surface area contributed by atoms with Crippen LogP contribution in [0.25, 0.3) is 0 Å². The maximum Gasteiger partial charge on any atom is 0.291 e. The van der Waals surface area contributed by atoms with Gasteiger partial charge in [-0.25, -0.2) is 4.98 Å².